The van der Waals surface area contributed by atoms with Gasteiger partial charge in [-0.3, -0.25) is 14.2 Å². The van der Waals surface area contributed by atoms with Gasteiger partial charge in [-0.05, 0) is 136 Å². The lowest BCUT2D eigenvalue weighted by atomic mass is 9.89. The Balaban J connectivity index is 0.998. The van der Waals surface area contributed by atoms with Crippen LogP contribution in [0.25, 0.3) is 22.1 Å². The van der Waals surface area contributed by atoms with Gasteiger partial charge in [0.25, 0.3) is 0 Å². The quantitative estimate of drug-likeness (QED) is 0.0869. The van der Waals surface area contributed by atoms with Gasteiger partial charge in [0.2, 0.25) is 11.8 Å². The van der Waals surface area contributed by atoms with Crippen molar-refractivity contribution in [2.24, 2.45) is 23.7 Å². The highest BCUT2D eigenvalue weighted by molar-refractivity contribution is 5.88. The summed E-state index contributed by atoms with van der Waals surface area (Å²) in [6.07, 6.45) is 7.52. The highest BCUT2D eigenvalue weighted by Gasteiger charge is 2.54. The molecule has 9 atom stereocenters. The number of piperidine rings is 1. The predicted molar refractivity (Wildman–Crippen MR) is 301 cm³/mol. The molecule has 6 heterocycles. The minimum Gasteiger partial charge on any atom is -0.465 e. The number of alkyl carbamates (subject to hydrolysis) is 1. The average molecular weight is 1090 g/mol. The zero-order chi connectivity index (χ0) is 55.7. The van der Waals surface area contributed by atoms with Crippen LogP contribution in [0.4, 0.5) is 29.7 Å². The molecule has 6 fully saturated rings. The number of H-pyrrole nitrogens is 1. The summed E-state index contributed by atoms with van der Waals surface area (Å²) in [4.78, 5) is 77.1. The maximum Gasteiger partial charge on any atom is 0.407 e. The Labute approximate surface area is 465 Å². The number of benzene rings is 4. The first-order chi connectivity index (χ1) is 38.6. The van der Waals surface area contributed by atoms with Gasteiger partial charge in [-0.1, -0.05) is 89.1 Å². The summed E-state index contributed by atoms with van der Waals surface area (Å²) < 4.78 is 41.7. The number of carboxylic acid groups (broad SMARTS) is 1. The van der Waals surface area contributed by atoms with Crippen LogP contribution in [0.15, 0.2) is 84.9 Å². The number of carbonyl (C=O) groups excluding carboxylic acids is 3. The molecule has 2 aliphatic carbocycles. The number of rotatable bonds is 13. The van der Waals surface area contributed by atoms with E-state index < -0.39 is 47.6 Å². The van der Waals surface area contributed by atoms with Crippen LogP contribution in [0.1, 0.15) is 146 Å². The number of aromatic amines is 1. The number of likely N-dealkylation sites (tertiary alicyclic amines) is 2. The van der Waals surface area contributed by atoms with Crippen LogP contribution in [0.2, 0.25) is 0 Å². The number of nitrogens with one attached hydrogen (secondary N) is 3. The van der Waals surface area contributed by atoms with Gasteiger partial charge in [0.05, 0.1) is 41.3 Å². The number of nitrogens with zero attached hydrogens (tertiary/aromatic N) is 7. The van der Waals surface area contributed by atoms with E-state index in [0.29, 0.717) is 79.6 Å². The molecule has 80 heavy (non-hydrogen) atoms. The van der Waals surface area contributed by atoms with E-state index in [4.69, 9.17) is 14.7 Å². The van der Waals surface area contributed by atoms with Crippen molar-refractivity contribution < 1.29 is 37.8 Å². The summed E-state index contributed by atoms with van der Waals surface area (Å²) in [7, 11) is 1.29. The number of ether oxygens (including phenoxy) is 1. The summed E-state index contributed by atoms with van der Waals surface area (Å²) in [5, 5.41) is 15.4. The highest BCUT2D eigenvalue weighted by atomic mass is 19.1. The Morgan fingerprint density at radius 2 is 1.34 bits per heavy atom. The second kappa shape index (κ2) is 21.3. The number of carbonyl (C=O) groups is 4. The maximum atomic E-state index is 17.3. The van der Waals surface area contributed by atoms with E-state index in [1.165, 1.54) is 24.8 Å². The Hall–Kier alpha value is -7.24. The Morgan fingerprint density at radius 3 is 1.99 bits per heavy atom. The molecule has 0 radical (unpaired) electrons. The van der Waals surface area contributed by atoms with Crippen molar-refractivity contribution >= 4 is 57.4 Å². The normalized spacial score (nSPS) is 25.7. The molecule has 18 heteroatoms. The van der Waals surface area contributed by atoms with Crippen molar-refractivity contribution in [2.75, 3.05) is 36.5 Å². The summed E-state index contributed by atoms with van der Waals surface area (Å²) in [5.41, 5.74) is 4.01. The van der Waals surface area contributed by atoms with Crippen LogP contribution in [0, 0.1) is 35.3 Å². The molecule has 4 aliphatic heterocycles. The second-order valence-electron chi connectivity index (χ2n) is 24.2. The fourth-order valence-electron chi connectivity index (χ4n) is 15.4. The molecule has 0 spiro atoms. The lowest BCUT2D eigenvalue weighted by molar-refractivity contribution is -0.138. The number of halogens is 2. The molecule has 16 nitrogen and oxygen atoms in total. The minimum atomic E-state index is -1.27. The molecule has 6 aliphatic rings. The van der Waals surface area contributed by atoms with E-state index >= 15 is 13.6 Å². The van der Waals surface area contributed by atoms with Crippen molar-refractivity contribution in [2.45, 2.75) is 153 Å². The number of hydrogen-bond acceptors (Lipinski definition) is 9. The Morgan fingerprint density at radius 1 is 0.713 bits per heavy atom. The van der Waals surface area contributed by atoms with Gasteiger partial charge >= 0.3 is 12.2 Å². The zero-order valence-corrected chi connectivity index (χ0v) is 46.4. The molecular weight excluding hydrogens is 1020 g/mol. The Bertz CT molecular complexity index is 3300. The van der Waals surface area contributed by atoms with Crippen LogP contribution in [0.3, 0.4) is 0 Å². The molecule has 422 valence electrons. The largest absolute Gasteiger partial charge is 0.465 e. The highest BCUT2D eigenvalue weighted by Crippen LogP contribution is 2.54. The molecule has 2 aromatic heterocycles. The SMILES string of the molecule is COC(=O)N[C@H](C(=O)N1[C@H](c2nc3cc([C@]4(n5c([C@@H]6C[C@@H]7CCC[C@@H]7N6C(=O)[C@@H](NC(=O)O)C(C)C)nc6ccccc65)CCCN4c4cc(F)c(N5CCC(c6ccccc6)CC5)c(F)c4)ccc3[nH]2)C[C@@H]2CCC[C@@H]21)C(C)C. The van der Waals surface area contributed by atoms with E-state index in [9.17, 15) is 19.5 Å². The van der Waals surface area contributed by atoms with Crippen LogP contribution < -0.4 is 20.4 Å². The van der Waals surface area contributed by atoms with Crippen molar-refractivity contribution in [3.8, 4) is 0 Å². The molecule has 4 aromatic carbocycles. The molecule has 6 aromatic rings. The first-order valence-corrected chi connectivity index (χ1v) is 29.2. The smallest absolute Gasteiger partial charge is 0.407 e. The third-order valence-electron chi connectivity index (χ3n) is 19.1. The summed E-state index contributed by atoms with van der Waals surface area (Å²) in [5.74, 6) is -0.316. The number of hydrogen-bond donors (Lipinski definition) is 4. The van der Waals surface area contributed by atoms with Gasteiger partial charge in [-0.25, -0.2) is 28.3 Å². The third kappa shape index (κ3) is 9.17. The Kier molecular flexibility index (Phi) is 14.2. The monoisotopic (exact) mass is 1090 g/mol. The van der Waals surface area contributed by atoms with Crippen molar-refractivity contribution in [1.29, 1.82) is 0 Å². The number of para-hydroxylation sites is 2. The first-order valence-electron chi connectivity index (χ1n) is 29.2. The summed E-state index contributed by atoms with van der Waals surface area (Å²) >= 11 is 0. The van der Waals surface area contributed by atoms with Crippen LogP contribution in [-0.4, -0.2) is 109 Å². The predicted octanol–water partition coefficient (Wildman–Crippen LogP) is 11.1. The molecule has 4 amide bonds. The van der Waals surface area contributed by atoms with Crippen LogP contribution >= 0.6 is 0 Å². The molecule has 2 saturated carbocycles. The van der Waals surface area contributed by atoms with Crippen molar-refractivity contribution in [3.05, 3.63) is 119 Å². The van der Waals surface area contributed by atoms with Gasteiger partial charge in [-0.15, -0.1) is 0 Å². The van der Waals surface area contributed by atoms with E-state index in [2.05, 4.69) is 49.4 Å². The fraction of sp³-hybridized carbons (Fsp3) is 0.516. The zero-order valence-electron chi connectivity index (χ0n) is 46.4. The second-order valence-corrected chi connectivity index (χ2v) is 24.2. The van der Waals surface area contributed by atoms with Gasteiger partial charge < -0.3 is 45.1 Å². The summed E-state index contributed by atoms with van der Waals surface area (Å²) in [6, 6.07) is 24.3. The molecule has 4 N–H and O–H groups in total. The lowest BCUT2D eigenvalue weighted by Gasteiger charge is -2.44. The summed E-state index contributed by atoms with van der Waals surface area (Å²) in [6.45, 7) is 8.95. The molecule has 4 saturated heterocycles. The van der Waals surface area contributed by atoms with Crippen LogP contribution in [-0.2, 0) is 20.0 Å². The van der Waals surface area contributed by atoms with E-state index in [-0.39, 0.29) is 59.3 Å². The number of amides is 4. The van der Waals surface area contributed by atoms with E-state index in [1.807, 2.05) is 90.9 Å². The van der Waals surface area contributed by atoms with Crippen molar-refractivity contribution in [3.63, 3.8) is 0 Å². The van der Waals surface area contributed by atoms with E-state index in [1.54, 1.807) is 0 Å². The van der Waals surface area contributed by atoms with Crippen molar-refractivity contribution in [1.82, 2.24) is 40.0 Å². The molecule has 0 unspecified atom stereocenters. The molecule has 12 rings (SSSR count). The maximum absolute atomic E-state index is 17.3. The standard InChI is InChI=1S/C62H74F2N10O6/c1-35(2)53(68-60(77)78)58(75)73-49-21-12-17-40(49)31-52(73)57-67-46-18-9-10-19-50(46)74(57)62(26-13-27-71(62)42-33-43(63)55(44(64)34-42)70-28-24-38(25-29-70)37-14-7-6-8-15-37)41-22-23-45-47(32-41)66-56(65-45)51-30-39-16-11-20-48(39)72(51)59(76)54(36(3)4)69-61(79)80-5/h6-10,14-15,18-19,22-23,32-36,38-40,48-49,51-54,68H,11-13,16-17,20-21,24-31H2,1-5H3,(H,65,66)(H,69,79)(H,77,78)/t39-,40-,48-,49-,51-,52-,53-,54-,62+/m0/s1. The topological polar surface area (TPSA) is 181 Å². The van der Waals surface area contributed by atoms with Gasteiger partial charge in [0.15, 0.2) is 11.6 Å². The number of anilines is 2. The van der Waals surface area contributed by atoms with Crippen LogP contribution in [0.5, 0.6) is 0 Å². The number of aromatic nitrogens is 4. The fourth-order valence-corrected chi connectivity index (χ4v) is 15.4. The average Bonchev–Trinajstić information content (AvgIpc) is 4.52. The number of methoxy groups -OCH3 is 1. The lowest BCUT2D eigenvalue weighted by Crippen LogP contribution is -2.54. The van der Waals surface area contributed by atoms with E-state index in [0.717, 1.165) is 68.0 Å². The van der Waals surface area contributed by atoms with Gasteiger partial charge in [0, 0.05) is 43.0 Å². The molecule has 0 bridgehead atoms. The molecular formula is C62H74F2N10O6. The third-order valence-corrected chi connectivity index (χ3v) is 19.1. The van der Waals surface area contributed by atoms with Gasteiger partial charge in [0.1, 0.15) is 35.1 Å². The van der Waals surface area contributed by atoms with Gasteiger partial charge in [-0.2, -0.15) is 0 Å². The minimum absolute atomic E-state index is 0.00850. The first kappa shape index (κ1) is 53.4. The number of fused-ring (bicyclic) bond motifs is 4. The number of imidazole rings is 2.